The van der Waals surface area contributed by atoms with Crippen LogP contribution in [0.15, 0.2) is 42.6 Å². The topological polar surface area (TPSA) is 43.8 Å². The summed E-state index contributed by atoms with van der Waals surface area (Å²) in [5.41, 5.74) is 0.686. The van der Waals surface area contributed by atoms with Gasteiger partial charge in [-0.2, -0.15) is 0 Å². The number of urea groups is 1. The first-order valence-corrected chi connectivity index (χ1v) is 4.67. The average molecular weight is 204 g/mol. The third kappa shape index (κ3) is 1.71. The molecule has 2 rings (SSSR count). The van der Waals surface area contributed by atoms with Crippen LogP contribution in [0.3, 0.4) is 0 Å². The van der Waals surface area contributed by atoms with Gasteiger partial charge < -0.3 is 10.0 Å². The van der Waals surface area contributed by atoms with Gasteiger partial charge in [-0.05, 0) is 18.2 Å². The third-order valence-corrected chi connectivity index (χ3v) is 2.29. The molecule has 1 aromatic carbocycles. The molecule has 1 aliphatic heterocycles. The zero-order valence-electron chi connectivity index (χ0n) is 8.37. The van der Waals surface area contributed by atoms with Crippen molar-refractivity contribution in [1.82, 2.24) is 4.90 Å². The Kier molecular flexibility index (Phi) is 2.43. The number of carbonyl (C=O) groups excluding carboxylic acids is 1. The summed E-state index contributed by atoms with van der Waals surface area (Å²) < 4.78 is 0. The van der Waals surface area contributed by atoms with Crippen LogP contribution < -0.4 is 4.90 Å². The predicted octanol–water partition coefficient (Wildman–Crippen LogP) is 1.39. The molecule has 78 valence electrons. The molecule has 0 fully saturated rings. The zero-order chi connectivity index (χ0) is 10.8. The van der Waals surface area contributed by atoms with Crippen molar-refractivity contribution in [2.75, 3.05) is 11.9 Å². The molecule has 1 aromatic rings. The summed E-state index contributed by atoms with van der Waals surface area (Å²) in [5.74, 6) is 0. The normalized spacial score (nSPS) is 20.9. The quantitative estimate of drug-likeness (QED) is 0.751. The van der Waals surface area contributed by atoms with E-state index in [1.54, 1.807) is 31.5 Å². The number of benzene rings is 1. The van der Waals surface area contributed by atoms with Crippen molar-refractivity contribution in [3.05, 3.63) is 42.6 Å². The van der Waals surface area contributed by atoms with Crippen LogP contribution in [0.2, 0.25) is 0 Å². The molecule has 1 N–H and O–H groups in total. The second kappa shape index (κ2) is 3.74. The van der Waals surface area contributed by atoms with E-state index < -0.39 is 6.23 Å². The number of aliphatic hydroxyl groups is 1. The molecule has 0 aliphatic carbocycles. The van der Waals surface area contributed by atoms with Gasteiger partial charge in [0, 0.05) is 18.9 Å². The van der Waals surface area contributed by atoms with Crippen LogP contribution in [-0.4, -0.2) is 29.3 Å². The van der Waals surface area contributed by atoms with Crippen molar-refractivity contribution in [3.63, 3.8) is 0 Å². The third-order valence-electron chi connectivity index (χ3n) is 2.29. The molecule has 2 amide bonds. The number of carbonyl (C=O) groups is 1. The summed E-state index contributed by atoms with van der Waals surface area (Å²) in [5, 5.41) is 9.70. The van der Waals surface area contributed by atoms with Crippen LogP contribution in [0.1, 0.15) is 0 Å². The Balaban J connectivity index is 2.36. The molecule has 1 aliphatic rings. The molecule has 1 heterocycles. The highest BCUT2D eigenvalue weighted by atomic mass is 16.3. The van der Waals surface area contributed by atoms with E-state index in [4.69, 9.17) is 0 Å². The van der Waals surface area contributed by atoms with Crippen molar-refractivity contribution >= 4 is 11.7 Å². The van der Waals surface area contributed by atoms with E-state index in [2.05, 4.69) is 0 Å². The fraction of sp³-hybridized carbons (Fsp3) is 0.182. The first-order chi connectivity index (χ1) is 7.20. The number of hydrogen-bond donors (Lipinski definition) is 1. The largest absolute Gasteiger partial charge is 0.369 e. The van der Waals surface area contributed by atoms with Gasteiger partial charge in [0.1, 0.15) is 0 Å². The molecule has 0 spiro atoms. The summed E-state index contributed by atoms with van der Waals surface area (Å²) in [4.78, 5) is 14.5. The molecule has 0 saturated carbocycles. The lowest BCUT2D eigenvalue weighted by Gasteiger charge is -2.32. The van der Waals surface area contributed by atoms with Crippen molar-refractivity contribution in [1.29, 1.82) is 0 Å². The van der Waals surface area contributed by atoms with Crippen LogP contribution in [-0.2, 0) is 0 Å². The second-order valence-electron chi connectivity index (χ2n) is 3.35. The molecule has 4 heteroatoms. The van der Waals surface area contributed by atoms with Crippen LogP contribution in [0.5, 0.6) is 0 Å². The molecule has 0 radical (unpaired) electrons. The Bertz CT molecular complexity index is 389. The maximum atomic E-state index is 11.8. The summed E-state index contributed by atoms with van der Waals surface area (Å²) in [7, 11) is 1.65. The second-order valence-corrected chi connectivity index (χ2v) is 3.35. The van der Waals surface area contributed by atoms with Gasteiger partial charge in [-0.1, -0.05) is 18.2 Å². The van der Waals surface area contributed by atoms with Gasteiger partial charge in [0.05, 0.1) is 0 Å². The van der Waals surface area contributed by atoms with E-state index in [0.717, 1.165) is 0 Å². The van der Waals surface area contributed by atoms with Crippen molar-refractivity contribution in [2.24, 2.45) is 0 Å². The lowest BCUT2D eigenvalue weighted by molar-refractivity contribution is 0.181. The minimum absolute atomic E-state index is 0.240. The molecule has 0 aromatic heterocycles. The number of hydrogen-bond acceptors (Lipinski definition) is 2. The van der Waals surface area contributed by atoms with Crippen molar-refractivity contribution < 1.29 is 9.90 Å². The van der Waals surface area contributed by atoms with E-state index >= 15 is 0 Å². The highest BCUT2D eigenvalue weighted by molar-refractivity contribution is 5.94. The fourth-order valence-electron chi connectivity index (χ4n) is 1.49. The number of aliphatic hydroxyl groups excluding tert-OH is 1. The van der Waals surface area contributed by atoms with E-state index in [1.807, 2.05) is 18.2 Å². The van der Waals surface area contributed by atoms with Crippen molar-refractivity contribution in [2.45, 2.75) is 6.23 Å². The summed E-state index contributed by atoms with van der Waals surface area (Å²) in [6, 6.07) is 8.85. The summed E-state index contributed by atoms with van der Waals surface area (Å²) in [6.45, 7) is 0. The Hall–Kier alpha value is -1.81. The molecule has 0 bridgehead atoms. The fourth-order valence-corrected chi connectivity index (χ4v) is 1.49. The SMILES string of the molecule is CN1C=CC(O)N(c2ccccc2)C1=O. The van der Waals surface area contributed by atoms with Gasteiger partial charge in [-0.25, -0.2) is 4.79 Å². The summed E-state index contributed by atoms with van der Waals surface area (Å²) in [6.07, 6.45) is 2.23. The lowest BCUT2D eigenvalue weighted by atomic mass is 10.2. The molecule has 1 unspecified atom stereocenters. The first-order valence-electron chi connectivity index (χ1n) is 4.67. The average Bonchev–Trinajstić information content (AvgIpc) is 2.26. The molecular weight excluding hydrogens is 192 g/mol. The Labute approximate surface area is 88.0 Å². The van der Waals surface area contributed by atoms with E-state index in [-0.39, 0.29) is 6.03 Å². The zero-order valence-corrected chi connectivity index (χ0v) is 8.37. The minimum Gasteiger partial charge on any atom is -0.369 e. The van der Waals surface area contributed by atoms with Gasteiger partial charge in [-0.3, -0.25) is 4.90 Å². The van der Waals surface area contributed by atoms with Crippen LogP contribution in [0.4, 0.5) is 10.5 Å². The smallest absolute Gasteiger partial charge is 0.330 e. The number of nitrogens with zero attached hydrogens (tertiary/aromatic N) is 2. The van der Waals surface area contributed by atoms with E-state index in [9.17, 15) is 9.90 Å². The highest BCUT2D eigenvalue weighted by Crippen LogP contribution is 2.20. The van der Waals surface area contributed by atoms with Crippen LogP contribution in [0.25, 0.3) is 0 Å². The number of anilines is 1. The van der Waals surface area contributed by atoms with Crippen LogP contribution >= 0.6 is 0 Å². The van der Waals surface area contributed by atoms with Gasteiger partial charge in [0.25, 0.3) is 0 Å². The van der Waals surface area contributed by atoms with Gasteiger partial charge in [0.2, 0.25) is 0 Å². The number of amides is 2. The molecule has 0 saturated heterocycles. The monoisotopic (exact) mass is 204 g/mol. The van der Waals surface area contributed by atoms with Gasteiger partial charge >= 0.3 is 6.03 Å². The Morgan fingerprint density at radius 3 is 2.60 bits per heavy atom. The molecular formula is C11H12N2O2. The van der Waals surface area contributed by atoms with E-state index in [0.29, 0.717) is 5.69 Å². The van der Waals surface area contributed by atoms with Gasteiger partial charge in [0.15, 0.2) is 6.23 Å². The predicted molar refractivity (Wildman–Crippen MR) is 57.2 cm³/mol. The summed E-state index contributed by atoms with van der Waals surface area (Å²) >= 11 is 0. The standard InChI is InChI=1S/C11H12N2O2/c1-12-8-7-10(14)13(11(12)15)9-5-3-2-4-6-9/h2-8,10,14H,1H3. The van der Waals surface area contributed by atoms with Crippen molar-refractivity contribution in [3.8, 4) is 0 Å². The Morgan fingerprint density at radius 2 is 1.93 bits per heavy atom. The highest BCUT2D eigenvalue weighted by Gasteiger charge is 2.27. The molecule has 15 heavy (non-hydrogen) atoms. The van der Waals surface area contributed by atoms with Gasteiger partial charge in [-0.15, -0.1) is 0 Å². The Morgan fingerprint density at radius 1 is 1.27 bits per heavy atom. The van der Waals surface area contributed by atoms with E-state index in [1.165, 1.54) is 9.80 Å². The molecule has 4 nitrogen and oxygen atoms in total. The van der Waals surface area contributed by atoms with Crippen LogP contribution in [0, 0.1) is 0 Å². The number of para-hydroxylation sites is 1. The minimum atomic E-state index is -0.893. The maximum absolute atomic E-state index is 11.8. The lowest BCUT2D eigenvalue weighted by Crippen LogP contribution is -2.48. The molecule has 1 atom stereocenters. The number of rotatable bonds is 1. The first kappa shape index (κ1) is 9.73. The maximum Gasteiger partial charge on any atom is 0.330 e.